The summed E-state index contributed by atoms with van der Waals surface area (Å²) in [5.74, 6) is -2.09. The van der Waals surface area contributed by atoms with Crippen LogP contribution in [0.4, 0.5) is 13.2 Å². The van der Waals surface area contributed by atoms with Crippen LogP contribution in [0, 0.1) is 17.5 Å². The summed E-state index contributed by atoms with van der Waals surface area (Å²) >= 11 is 0. The number of aryl methyl sites for hydroxylation is 2. The Bertz CT molecular complexity index is 982. The third kappa shape index (κ3) is 4.80. The van der Waals surface area contributed by atoms with Crippen molar-refractivity contribution in [1.29, 1.82) is 0 Å². The van der Waals surface area contributed by atoms with Gasteiger partial charge in [-0.15, -0.1) is 0 Å². The van der Waals surface area contributed by atoms with Gasteiger partial charge in [0.25, 0.3) is 0 Å². The van der Waals surface area contributed by atoms with Crippen LogP contribution in [-0.2, 0) is 12.8 Å². The molecule has 0 saturated heterocycles. The molecule has 29 heavy (non-hydrogen) atoms. The quantitative estimate of drug-likeness (QED) is 0.526. The normalized spacial score (nSPS) is 12.1. The summed E-state index contributed by atoms with van der Waals surface area (Å²) in [6, 6.07) is 15.3. The smallest absolute Gasteiger partial charge is 0.165 e. The largest absolute Gasteiger partial charge is 0.491 e. The summed E-state index contributed by atoms with van der Waals surface area (Å²) in [5, 5.41) is 9.47. The number of hydrogen-bond acceptors (Lipinski definition) is 2. The van der Waals surface area contributed by atoms with Gasteiger partial charge in [0, 0.05) is 5.56 Å². The molecule has 0 heterocycles. The summed E-state index contributed by atoms with van der Waals surface area (Å²) in [4.78, 5) is 0. The lowest BCUT2D eigenvalue weighted by molar-refractivity contribution is 0.192. The van der Waals surface area contributed by atoms with E-state index in [9.17, 15) is 18.3 Å². The first kappa shape index (κ1) is 20.9. The predicted octanol–water partition coefficient (Wildman–Crippen LogP) is 6.01. The van der Waals surface area contributed by atoms with Gasteiger partial charge in [-0.05, 0) is 61.1 Å². The first-order valence-corrected chi connectivity index (χ1v) is 9.57. The molecule has 152 valence electrons. The Hall–Kier alpha value is -2.79. The maximum Gasteiger partial charge on any atom is 0.165 e. The van der Waals surface area contributed by atoms with Crippen molar-refractivity contribution in [2.24, 2.45) is 0 Å². The van der Waals surface area contributed by atoms with Crippen LogP contribution in [0.5, 0.6) is 5.75 Å². The van der Waals surface area contributed by atoms with Gasteiger partial charge in [0.2, 0.25) is 0 Å². The number of halogens is 3. The Morgan fingerprint density at radius 1 is 0.862 bits per heavy atom. The predicted molar refractivity (Wildman–Crippen MR) is 107 cm³/mol. The molecule has 2 nitrogen and oxygen atoms in total. The van der Waals surface area contributed by atoms with Crippen molar-refractivity contribution in [1.82, 2.24) is 0 Å². The standard InChI is InChI=1S/C24H23F3O2/c1-3-29-22-13-11-19(14-21(22)25)17-7-4-16(5-8-17)6-9-18-10-12-20(15(2)28)24(27)23(18)26/h4-5,7-8,10-15,28H,3,6,9H2,1-2H3. The fourth-order valence-corrected chi connectivity index (χ4v) is 3.22. The van der Waals surface area contributed by atoms with Crippen molar-refractivity contribution in [3.63, 3.8) is 0 Å². The topological polar surface area (TPSA) is 29.5 Å². The average molecular weight is 400 g/mol. The van der Waals surface area contributed by atoms with Gasteiger partial charge < -0.3 is 9.84 Å². The van der Waals surface area contributed by atoms with Crippen LogP contribution in [0.1, 0.15) is 36.6 Å². The van der Waals surface area contributed by atoms with Crippen molar-refractivity contribution in [2.45, 2.75) is 32.8 Å². The molecule has 1 atom stereocenters. The highest BCUT2D eigenvalue weighted by Gasteiger charge is 2.16. The molecule has 0 spiro atoms. The zero-order chi connectivity index (χ0) is 21.0. The maximum absolute atomic E-state index is 14.2. The molecule has 0 aromatic heterocycles. The Morgan fingerprint density at radius 2 is 1.55 bits per heavy atom. The molecule has 0 aliphatic rings. The van der Waals surface area contributed by atoms with Gasteiger partial charge in [-0.2, -0.15) is 0 Å². The molecule has 0 amide bonds. The molecule has 3 rings (SSSR count). The summed E-state index contributed by atoms with van der Waals surface area (Å²) < 4.78 is 47.5. The SMILES string of the molecule is CCOc1ccc(-c2ccc(CCc3ccc(C(C)O)c(F)c3F)cc2)cc1F. The highest BCUT2D eigenvalue weighted by Crippen LogP contribution is 2.27. The molecule has 0 saturated carbocycles. The second-order valence-electron chi connectivity index (χ2n) is 6.89. The molecular weight excluding hydrogens is 377 g/mol. The van der Waals surface area contributed by atoms with E-state index in [1.54, 1.807) is 19.1 Å². The van der Waals surface area contributed by atoms with Gasteiger partial charge in [-0.25, -0.2) is 13.2 Å². The van der Waals surface area contributed by atoms with Gasteiger partial charge in [0.1, 0.15) is 0 Å². The van der Waals surface area contributed by atoms with Crippen LogP contribution in [0.3, 0.4) is 0 Å². The van der Waals surface area contributed by atoms with E-state index in [0.29, 0.717) is 19.4 Å². The lowest BCUT2D eigenvalue weighted by Crippen LogP contribution is -2.03. The molecule has 0 radical (unpaired) electrons. The van der Waals surface area contributed by atoms with E-state index in [0.717, 1.165) is 16.7 Å². The molecule has 0 bridgehead atoms. The highest BCUT2D eigenvalue weighted by atomic mass is 19.2. The third-order valence-electron chi connectivity index (χ3n) is 4.84. The van der Waals surface area contributed by atoms with Gasteiger partial charge in [0.05, 0.1) is 12.7 Å². The van der Waals surface area contributed by atoms with Crippen LogP contribution in [0.15, 0.2) is 54.6 Å². The van der Waals surface area contributed by atoms with E-state index < -0.39 is 23.6 Å². The zero-order valence-corrected chi connectivity index (χ0v) is 16.4. The van der Waals surface area contributed by atoms with Crippen molar-refractivity contribution >= 4 is 0 Å². The summed E-state index contributed by atoms with van der Waals surface area (Å²) in [6.07, 6.45) is -0.194. The van der Waals surface area contributed by atoms with E-state index in [4.69, 9.17) is 4.74 Å². The van der Waals surface area contributed by atoms with Gasteiger partial charge >= 0.3 is 0 Å². The van der Waals surface area contributed by atoms with Crippen LogP contribution >= 0.6 is 0 Å². The lowest BCUT2D eigenvalue weighted by Gasteiger charge is -2.11. The number of benzene rings is 3. The van der Waals surface area contributed by atoms with E-state index in [1.165, 1.54) is 25.1 Å². The fraction of sp³-hybridized carbons (Fsp3) is 0.250. The minimum absolute atomic E-state index is 0.0433. The van der Waals surface area contributed by atoms with E-state index in [1.807, 2.05) is 24.3 Å². The molecule has 5 heteroatoms. The average Bonchev–Trinajstić information content (AvgIpc) is 2.71. The monoisotopic (exact) mass is 400 g/mol. The van der Waals surface area contributed by atoms with Gasteiger partial charge in [0.15, 0.2) is 23.2 Å². The van der Waals surface area contributed by atoms with Crippen molar-refractivity contribution in [3.8, 4) is 16.9 Å². The van der Waals surface area contributed by atoms with Crippen molar-refractivity contribution in [2.75, 3.05) is 6.61 Å². The summed E-state index contributed by atoms with van der Waals surface area (Å²) in [7, 11) is 0. The molecule has 3 aromatic carbocycles. The fourth-order valence-electron chi connectivity index (χ4n) is 3.22. The Kier molecular flexibility index (Phi) is 6.60. The number of ether oxygens (including phenoxy) is 1. The first-order chi connectivity index (χ1) is 13.9. The molecule has 0 aliphatic heterocycles. The van der Waals surface area contributed by atoms with E-state index >= 15 is 0 Å². The molecular formula is C24H23F3O2. The van der Waals surface area contributed by atoms with Crippen LogP contribution < -0.4 is 4.74 Å². The minimum atomic E-state index is -1.06. The van der Waals surface area contributed by atoms with Gasteiger partial charge in [-0.3, -0.25) is 0 Å². The van der Waals surface area contributed by atoms with E-state index in [-0.39, 0.29) is 16.9 Å². The maximum atomic E-state index is 14.2. The molecule has 1 unspecified atom stereocenters. The second kappa shape index (κ2) is 9.14. The summed E-state index contributed by atoms with van der Waals surface area (Å²) in [6.45, 7) is 3.60. The zero-order valence-electron chi connectivity index (χ0n) is 16.4. The molecule has 3 aromatic rings. The van der Waals surface area contributed by atoms with Crippen LogP contribution in [-0.4, -0.2) is 11.7 Å². The molecule has 0 aliphatic carbocycles. The van der Waals surface area contributed by atoms with Crippen LogP contribution in [0.2, 0.25) is 0 Å². The third-order valence-corrected chi connectivity index (χ3v) is 4.84. The minimum Gasteiger partial charge on any atom is -0.491 e. The molecule has 1 N–H and O–H groups in total. The number of aliphatic hydroxyl groups excluding tert-OH is 1. The number of hydrogen-bond donors (Lipinski definition) is 1. The Morgan fingerprint density at radius 3 is 2.17 bits per heavy atom. The number of rotatable bonds is 7. The van der Waals surface area contributed by atoms with Crippen LogP contribution in [0.25, 0.3) is 11.1 Å². The second-order valence-corrected chi connectivity index (χ2v) is 6.89. The Balaban J connectivity index is 1.70. The van der Waals surface area contributed by atoms with Gasteiger partial charge in [-0.1, -0.05) is 42.5 Å². The van der Waals surface area contributed by atoms with Crippen molar-refractivity contribution < 1.29 is 23.0 Å². The lowest BCUT2D eigenvalue weighted by atomic mass is 9.98. The molecule has 0 fully saturated rings. The summed E-state index contributed by atoms with van der Waals surface area (Å²) in [5.41, 5.74) is 2.77. The Labute approximate surface area is 168 Å². The number of aliphatic hydroxyl groups is 1. The van der Waals surface area contributed by atoms with E-state index in [2.05, 4.69) is 0 Å². The first-order valence-electron chi connectivity index (χ1n) is 9.57. The van der Waals surface area contributed by atoms with Crippen molar-refractivity contribution in [3.05, 3.63) is 88.7 Å². The highest BCUT2D eigenvalue weighted by molar-refractivity contribution is 5.64.